The molecule has 9 heteroatoms. The van der Waals surface area contributed by atoms with E-state index in [1.54, 1.807) is 12.1 Å². The molecule has 2 aromatic rings. The van der Waals surface area contributed by atoms with Crippen molar-refractivity contribution in [3.05, 3.63) is 69.8 Å². The number of anilines is 1. The molecule has 0 saturated heterocycles. The minimum atomic E-state index is -0.821. The van der Waals surface area contributed by atoms with Crippen molar-refractivity contribution < 1.29 is 19.3 Å². The summed E-state index contributed by atoms with van der Waals surface area (Å²) in [5.41, 5.74) is 2.72. The van der Waals surface area contributed by atoms with Gasteiger partial charge in [-0.05, 0) is 24.3 Å². The van der Waals surface area contributed by atoms with Gasteiger partial charge < -0.3 is 5.32 Å². The Balaban J connectivity index is 1.69. The van der Waals surface area contributed by atoms with E-state index in [4.69, 9.17) is 0 Å². The van der Waals surface area contributed by atoms with Gasteiger partial charge in [-0.3, -0.25) is 19.7 Å². The predicted octanol–water partition coefficient (Wildman–Crippen LogP) is 1.93. The molecule has 1 heterocycles. The first-order valence-corrected chi connectivity index (χ1v) is 6.77. The number of amides is 4. The molecule has 120 valence electrons. The summed E-state index contributed by atoms with van der Waals surface area (Å²) in [5, 5.41) is 13.6. The molecule has 0 bridgehead atoms. The first-order valence-electron chi connectivity index (χ1n) is 6.77. The summed E-state index contributed by atoms with van der Waals surface area (Å²) in [6.07, 6.45) is 0. The standard InChI is InChI=1S/C15H10N4O5/c20-13-11-3-1-2-4-12(11)14(21)18(13)17-15(22)16-9-5-7-10(8-6-9)19(23)24/h1-8H,(H2,16,17,22). The number of hydrazine groups is 1. The fraction of sp³-hybridized carbons (Fsp3) is 0. The number of urea groups is 1. The summed E-state index contributed by atoms with van der Waals surface area (Å²) < 4.78 is 0. The summed E-state index contributed by atoms with van der Waals surface area (Å²) in [4.78, 5) is 46.1. The Morgan fingerprint density at radius 2 is 1.50 bits per heavy atom. The lowest BCUT2D eigenvalue weighted by molar-refractivity contribution is -0.384. The number of nitrogens with zero attached hydrogens (tertiary/aromatic N) is 2. The third-order valence-electron chi connectivity index (χ3n) is 3.34. The van der Waals surface area contributed by atoms with Gasteiger partial charge in [-0.15, -0.1) is 0 Å². The van der Waals surface area contributed by atoms with Crippen LogP contribution in [0.25, 0.3) is 0 Å². The maximum atomic E-state index is 12.1. The quantitative estimate of drug-likeness (QED) is 0.507. The number of rotatable bonds is 3. The van der Waals surface area contributed by atoms with Crippen LogP contribution < -0.4 is 10.7 Å². The maximum absolute atomic E-state index is 12.1. The second-order valence-electron chi connectivity index (χ2n) is 4.86. The topological polar surface area (TPSA) is 122 Å². The van der Waals surface area contributed by atoms with Gasteiger partial charge in [0, 0.05) is 17.8 Å². The van der Waals surface area contributed by atoms with Crippen molar-refractivity contribution in [3.8, 4) is 0 Å². The second-order valence-corrected chi connectivity index (χ2v) is 4.86. The molecule has 0 radical (unpaired) electrons. The number of imide groups is 1. The highest BCUT2D eigenvalue weighted by Gasteiger charge is 2.36. The number of nitro benzene ring substituents is 1. The van der Waals surface area contributed by atoms with Gasteiger partial charge in [0.2, 0.25) is 0 Å². The number of nitro groups is 1. The molecule has 0 saturated carbocycles. The Labute approximate surface area is 135 Å². The van der Waals surface area contributed by atoms with Crippen molar-refractivity contribution in [2.75, 3.05) is 5.32 Å². The molecule has 1 aliphatic heterocycles. The normalized spacial score (nSPS) is 12.8. The number of non-ortho nitro benzene ring substituents is 1. The molecule has 2 aromatic carbocycles. The number of fused-ring (bicyclic) bond motifs is 1. The number of carbonyl (C=O) groups excluding carboxylic acids is 3. The van der Waals surface area contributed by atoms with Crippen LogP contribution in [0.15, 0.2) is 48.5 Å². The molecule has 4 amide bonds. The van der Waals surface area contributed by atoms with Gasteiger partial charge in [-0.1, -0.05) is 12.1 Å². The van der Waals surface area contributed by atoms with Crippen molar-refractivity contribution in [2.24, 2.45) is 0 Å². The average molecular weight is 326 g/mol. The summed E-state index contributed by atoms with van der Waals surface area (Å²) in [5.74, 6) is -1.26. The summed E-state index contributed by atoms with van der Waals surface area (Å²) in [7, 11) is 0. The van der Waals surface area contributed by atoms with Crippen molar-refractivity contribution in [1.82, 2.24) is 10.4 Å². The lowest BCUT2D eigenvalue weighted by atomic mass is 10.1. The van der Waals surface area contributed by atoms with Crippen LogP contribution in [0, 0.1) is 10.1 Å². The minimum absolute atomic E-state index is 0.124. The fourth-order valence-electron chi connectivity index (χ4n) is 2.22. The number of carbonyl (C=O) groups is 3. The molecule has 2 N–H and O–H groups in total. The number of hydrogen-bond donors (Lipinski definition) is 2. The van der Waals surface area contributed by atoms with Crippen LogP contribution in [0.4, 0.5) is 16.2 Å². The van der Waals surface area contributed by atoms with Crippen molar-refractivity contribution in [3.63, 3.8) is 0 Å². The van der Waals surface area contributed by atoms with E-state index in [1.807, 2.05) is 0 Å². The van der Waals surface area contributed by atoms with Gasteiger partial charge in [0.1, 0.15) is 0 Å². The van der Waals surface area contributed by atoms with Gasteiger partial charge in [0.25, 0.3) is 17.5 Å². The van der Waals surface area contributed by atoms with Crippen molar-refractivity contribution in [2.45, 2.75) is 0 Å². The summed E-state index contributed by atoms with van der Waals surface area (Å²) >= 11 is 0. The Bertz CT molecular complexity index is 827. The maximum Gasteiger partial charge on any atom is 0.338 e. The van der Waals surface area contributed by atoms with Crippen LogP contribution in [0.1, 0.15) is 20.7 Å². The van der Waals surface area contributed by atoms with E-state index in [-0.39, 0.29) is 22.5 Å². The summed E-state index contributed by atoms with van der Waals surface area (Å²) in [6, 6.07) is 10.5. The predicted molar refractivity (Wildman–Crippen MR) is 82.2 cm³/mol. The molecule has 0 spiro atoms. The lowest BCUT2D eigenvalue weighted by Crippen LogP contribution is -2.47. The van der Waals surface area contributed by atoms with Crippen LogP contribution in [-0.4, -0.2) is 27.8 Å². The Hall–Kier alpha value is -3.75. The minimum Gasteiger partial charge on any atom is -0.307 e. The van der Waals surface area contributed by atoms with Crippen molar-refractivity contribution in [1.29, 1.82) is 0 Å². The summed E-state index contributed by atoms with van der Waals surface area (Å²) in [6.45, 7) is 0. The molecule has 0 aliphatic carbocycles. The fourth-order valence-corrected chi connectivity index (χ4v) is 2.22. The van der Waals surface area contributed by atoms with Crippen LogP contribution in [0.5, 0.6) is 0 Å². The molecule has 0 fully saturated rings. The molecular weight excluding hydrogens is 316 g/mol. The number of benzene rings is 2. The third kappa shape index (κ3) is 2.65. The zero-order valence-electron chi connectivity index (χ0n) is 12.1. The third-order valence-corrected chi connectivity index (χ3v) is 3.34. The van der Waals surface area contributed by atoms with E-state index in [0.717, 1.165) is 0 Å². The van der Waals surface area contributed by atoms with Gasteiger partial charge >= 0.3 is 6.03 Å². The van der Waals surface area contributed by atoms with Crippen LogP contribution in [0.2, 0.25) is 0 Å². The monoisotopic (exact) mass is 326 g/mol. The van der Waals surface area contributed by atoms with Crippen LogP contribution in [0.3, 0.4) is 0 Å². The molecule has 0 atom stereocenters. The van der Waals surface area contributed by atoms with Gasteiger partial charge in [0.15, 0.2) is 0 Å². The molecule has 0 aromatic heterocycles. The molecule has 24 heavy (non-hydrogen) atoms. The largest absolute Gasteiger partial charge is 0.338 e. The van der Waals surface area contributed by atoms with E-state index in [0.29, 0.717) is 5.01 Å². The van der Waals surface area contributed by atoms with Crippen molar-refractivity contribution >= 4 is 29.2 Å². The zero-order valence-corrected chi connectivity index (χ0v) is 12.1. The Kier molecular flexibility index (Phi) is 3.66. The lowest BCUT2D eigenvalue weighted by Gasteiger charge is -2.15. The van der Waals surface area contributed by atoms with E-state index in [1.165, 1.54) is 36.4 Å². The number of nitrogens with one attached hydrogen (secondary N) is 2. The first kappa shape index (κ1) is 15.2. The van der Waals surface area contributed by atoms with E-state index in [9.17, 15) is 24.5 Å². The smallest absolute Gasteiger partial charge is 0.307 e. The van der Waals surface area contributed by atoms with E-state index >= 15 is 0 Å². The molecular formula is C15H10N4O5. The average Bonchev–Trinajstić information content (AvgIpc) is 2.81. The second kappa shape index (κ2) is 5.80. The van der Waals surface area contributed by atoms with E-state index < -0.39 is 22.8 Å². The molecule has 0 unspecified atom stereocenters. The van der Waals surface area contributed by atoms with Crippen LogP contribution >= 0.6 is 0 Å². The highest BCUT2D eigenvalue weighted by molar-refractivity contribution is 6.21. The van der Waals surface area contributed by atoms with Gasteiger partial charge in [-0.2, -0.15) is 5.01 Å². The SMILES string of the molecule is O=C(Nc1ccc([N+](=O)[O-])cc1)NN1C(=O)c2ccccc2C1=O. The molecule has 9 nitrogen and oxygen atoms in total. The zero-order chi connectivity index (χ0) is 17.3. The number of hydrogen-bond acceptors (Lipinski definition) is 5. The Morgan fingerprint density at radius 3 is 2.00 bits per heavy atom. The van der Waals surface area contributed by atoms with Gasteiger partial charge in [-0.25, -0.2) is 10.2 Å². The highest BCUT2D eigenvalue weighted by atomic mass is 16.6. The Morgan fingerprint density at radius 1 is 0.958 bits per heavy atom. The highest BCUT2D eigenvalue weighted by Crippen LogP contribution is 2.21. The van der Waals surface area contributed by atoms with Gasteiger partial charge in [0.05, 0.1) is 16.1 Å². The molecule has 3 rings (SSSR count). The molecule has 1 aliphatic rings. The first-order chi connectivity index (χ1) is 11.5. The van der Waals surface area contributed by atoms with Crippen LogP contribution in [-0.2, 0) is 0 Å². The van der Waals surface area contributed by atoms with E-state index in [2.05, 4.69) is 10.7 Å².